The van der Waals surface area contributed by atoms with E-state index in [-0.39, 0.29) is 0 Å². The van der Waals surface area contributed by atoms with Crippen LogP contribution in [0.25, 0.3) is 0 Å². The summed E-state index contributed by atoms with van der Waals surface area (Å²) in [5.41, 5.74) is 8.36. The topological polar surface area (TPSA) is 64.3 Å². The summed E-state index contributed by atoms with van der Waals surface area (Å²) in [6.07, 6.45) is 0. The number of carbonyl (C=O) groups excluding carboxylic acids is 1. The number of hydrogen-bond acceptors (Lipinski definition) is 4. The van der Waals surface area contributed by atoms with E-state index in [1.807, 2.05) is 24.3 Å². The Labute approximate surface area is 128 Å². The SMILES string of the molecule is CCOC(=O)c1cccc(N)c1NCc1ccccc1Cl. The van der Waals surface area contributed by atoms with Crippen molar-refractivity contribution in [3.63, 3.8) is 0 Å². The number of para-hydroxylation sites is 1. The van der Waals surface area contributed by atoms with Gasteiger partial charge in [0.1, 0.15) is 0 Å². The molecule has 0 radical (unpaired) electrons. The van der Waals surface area contributed by atoms with Gasteiger partial charge in [-0.05, 0) is 30.7 Å². The van der Waals surface area contributed by atoms with Gasteiger partial charge < -0.3 is 15.8 Å². The maximum Gasteiger partial charge on any atom is 0.340 e. The van der Waals surface area contributed by atoms with Gasteiger partial charge in [0.15, 0.2) is 0 Å². The molecule has 21 heavy (non-hydrogen) atoms. The Balaban J connectivity index is 2.23. The molecule has 0 unspecified atom stereocenters. The van der Waals surface area contributed by atoms with Crippen LogP contribution in [0.15, 0.2) is 42.5 Å². The van der Waals surface area contributed by atoms with Crippen LogP contribution in [0.3, 0.4) is 0 Å². The van der Waals surface area contributed by atoms with Gasteiger partial charge in [0, 0.05) is 11.6 Å². The lowest BCUT2D eigenvalue weighted by Crippen LogP contribution is -2.11. The van der Waals surface area contributed by atoms with Crippen molar-refractivity contribution in [2.75, 3.05) is 17.7 Å². The summed E-state index contributed by atoms with van der Waals surface area (Å²) in [5.74, 6) is -0.397. The summed E-state index contributed by atoms with van der Waals surface area (Å²) in [5, 5.41) is 3.83. The van der Waals surface area contributed by atoms with Crippen molar-refractivity contribution in [2.24, 2.45) is 0 Å². The molecule has 4 nitrogen and oxygen atoms in total. The number of anilines is 2. The minimum absolute atomic E-state index is 0.317. The predicted molar refractivity (Wildman–Crippen MR) is 85.6 cm³/mol. The number of benzene rings is 2. The van der Waals surface area contributed by atoms with Crippen LogP contribution >= 0.6 is 11.6 Å². The van der Waals surface area contributed by atoms with E-state index >= 15 is 0 Å². The van der Waals surface area contributed by atoms with E-state index in [9.17, 15) is 4.79 Å². The highest BCUT2D eigenvalue weighted by Crippen LogP contribution is 2.26. The molecule has 0 bridgehead atoms. The zero-order chi connectivity index (χ0) is 15.2. The summed E-state index contributed by atoms with van der Waals surface area (Å²) < 4.78 is 5.04. The van der Waals surface area contributed by atoms with E-state index in [1.165, 1.54) is 0 Å². The lowest BCUT2D eigenvalue weighted by Gasteiger charge is -2.14. The number of nitrogens with one attached hydrogen (secondary N) is 1. The van der Waals surface area contributed by atoms with Gasteiger partial charge in [-0.2, -0.15) is 0 Å². The molecule has 0 aliphatic carbocycles. The summed E-state index contributed by atoms with van der Waals surface area (Å²) in [4.78, 5) is 12.0. The van der Waals surface area contributed by atoms with Crippen LogP contribution in [0, 0.1) is 0 Å². The highest BCUT2D eigenvalue weighted by molar-refractivity contribution is 6.31. The molecule has 0 saturated heterocycles. The van der Waals surface area contributed by atoms with E-state index < -0.39 is 5.97 Å². The van der Waals surface area contributed by atoms with Gasteiger partial charge >= 0.3 is 5.97 Å². The van der Waals surface area contributed by atoms with E-state index in [0.717, 1.165) is 5.56 Å². The van der Waals surface area contributed by atoms with Crippen molar-refractivity contribution in [3.05, 3.63) is 58.6 Å². The van der Waals surface area contributed by atoms with E-state index in [0.29, 0.717) is 35.1 Å². The molecule has 110 valence electrons. The molecule has 0 aromatic heterocycles. The van der Waals surface area contributed by atoms with Gasteiger partial charge in [-0.1, -0.05) is 35.9 Å². The lowest BCUT2D eigenvalue weighted by atomic mass is 10.1. The number of nitrogens with two attached hydrogens (primary N) is 1. The third kappa shape index (κ3) is 3.67. The van der Waals surface area contributed by atoms with Crippen LogP contribution in [0.1, 0.15) is 22.8 Å². The number of nitrogen functional groups attached to an aromatic ring is 1. The minimum Gasteiger partial charge on any atom is -0.462 e. The molecule has 0 heterocycles. The fourth-order valence-electron chi connectivity index (χ4n) is 1.97. The standard InChI is InChI=1S/C16H17ClN2O2/c1-2-21-16(20)12-7-5-9-14(18)15(12)19-10-11-6-3-4-8-13(11)17/h3-9,19H,2,10,18H2,1H3. The van der Waals surface area contributed by atoms with Crippen molar-refractivity contribution >= 4 is 28.9 Å². The Kier molecular flexibility index (Phi) is 5.06. The first-order valence-corrected chi connectivity index (χ1v) is 7.04. The average molecular weight is 305 g/mol. The van der Waals surface area contributed by atoms with Crippen LogP contribution in [-0.2, 0) is 11.3 Å². The van der Waals surface area contributed by atoms with Gasteiger partial charge in [0.25, 0.3) is 0 Å². The fourth-order valence-corrected chi connectivity index (χ4v) is 2.17. The number of hydrogen-bond donors (Lipinski definition) is 2. The van der Waals surface area contributed by atoms with Gasteiger partial charge in [0.05, 0.1) is 23.5 Å². The zero-order valence-electron chi connectivity index (χ0n) is 11.7. The normalized spacial score (nSPS) is 10.2. The van der Waals surface area contributed by atoms with Crippen molar-refractivity contribution in [2.45, 2.75) is 13.5 Å². The smallest absolute Gasteiger partial charge is 0.340 e. The molecule has 0 atom stereocenters. The largest absolute Gasteiger partial charge is 0.462 e. The van der Waals surface area contributed by atoms with Gasteiger partial charge in [-0.25, -0.2) is 4.79 Å². The molecule has 0 aliphatic heterocycles. The maximum absolute atomic E-state index is 12.0. The second-order valence-electron chi connectivity index (χ2n) is 4.44. The molecule has 3 N–H and O–H groups in total. The minimum atomic E-state index is -0.397. The van der Waals surface area contributed by atoms with E-state index in [4.69, 9.17) is 22.1 Å². The van der Waals surface area contributed by atoms with Crippen LogP contribution < -0.4 is 11.1 Å². The maximum atomic E-state index is 12.0. The quantitative estimate of drug-likeness (QED) is 0.653. The average Bonchev–Trinajstić information content (AvgIpc) is 2.47. The highest BCUT2D eigenvalue weighted by Gasteiger charge is 2.14. The van der Waals surface area contributed by atoms with E-state index in [1.54, 1.807) is 25.1 Å². The second-order valence-corrected chi connectivity index (χ2v) is 4.84. The van der Waals surface area contributed by atoms with Crippen LogP contribution in [0.5, 0.6) is 0 Å². The number of ether oxygens (including phenoxy) is 1. The molecule has 0 amide bonds. The molecule has 2 aromatic rings. The van der Waals surface area contributed by atoms with Crippen molar-refractivity contribution in [3.8, 4) is 0 Å². The van der Waals surface area contributed by atoms with Gasteiger partial charge in [0.2, 0.25) is 0 Å². The van der Waals surface area contributed by atoms with Crippen molar-refractivity contribution in [1.29, 1.82) is 0 Å². The number of carbonyl (C=O) groups is 1. The Bertz CT molecular complexity index is 644. The number of rotatable bonds is 5. The third-order valence-electron chi connectivity index (χ3n) is 3.01. The summed E-state index contributed by atoms with van der Waals surface area (Å²) in [6, 6.07) is 12.6. The van der Waals surface area contributed by atoms with E-state index in [2.05, 4.69) is 5.32 Å². The third-order valence-corrected chi connectivity index (χ3v) is 3.37. The van der Waals surface area contributed by atoms with Crippen LogP contribution in [0.2, 0.25) is 5.02 Å². The molecule has 5 heteroatoms. The number of halogens is 1. The second kappa shape index (κ2) is 6.99. The monoisotopic (exact) mass is 304 g/mol. The first-order chi connectivity index (χ1) is 10.1. The summed E-state index contributed by atoms with van der Waals surface area (Å²) >= 11 is 6.12. The zero-order valence-corrected chi connectivity index (χ0v) is 12.5. The molecule has 0 fully saturated rings. The van der Waals surface area contributed by atoms with Crippen molar-refractivity contribution < 1.29 is 9.53 Å². The molecule has 0 saturated carbocycles. The molecule has 2 rings (SSSR count). The van der Waals surface area contributed by atoms with Crippen LogP contribution in [0.4, 0.5) is 11.4 Å². The van der Waals surface area contributed by atoms with Crippen LogP contribution in [-0.4, -0.2) is 12.6 Å². The molecular formula is C16H17ClN2O2. The predicted octanol–water partition coefficient (Wildman–Crippen LogP) is 3.71. The Morgan fingerprint density at radius 3 is 2.71 bits per heavy atom. The summed E-state index contributed by atoms with van der Waals surface area (Å²) in [6.45, 7) is 2.55. The Hall–Kier alpha value is -2.20. The summed E-state index contributed by atoms with van der Waals surface area (Å²) in [7, 11) is 0. The fraction of sp³-hybridized carbons (Fsp3) is 0.188. The lowest BCUT2D eigenvalue weighted by molar-refractivity contribution is 0.0527. The Morgan fingerprint density at radius 1 is 1.24 bits per heavy atom. The van der Waals surface area contributed by atoms with Crippen molar-refractivity contribution in [1.82, 2.24) is 0 Å². The number of esters is 1. The first kappa shape index (κ1) is 15.2. The molecule has 2 aromatic carbocycles. The molecular weight excluding hydrogens is 288 g/mol. The first-order valence-electron chi connectivity index (χ1n) is 6.66. The van der Waals surface area contributed by atoms with Gasteiger partial charge in [-0.3, -0.25) is 0 Å². The Morgan fingerprint density at radius 2 is 2.00 bits per heavy atom. The molecule has 0 aliphatic rings. The highest BCUT2D eigenvalue weighted by atomic mass is 35.5. The van der Waals surface area contributed by atoms with Gasteiger partial charge in [-0.15, -0.1) is 0 Å². The molecule has 0 spiro atoms.